The largest absolute Gasteiger partial charge is 0.478 e. The topological polar surface area (TPSA) is 60.5 Å². The van der Waals surface area contributed by atoms with Crippen molar-refractivity contribution in [1.82, 2.24) is 4.98 Å². The molecule has 1 aromatic rings. The van der Waals surface area contributed by atoms with Crippen LogP contribution in [0.5, 0.6) is 5.88 Å². The molecule has 1 aromatic heterocycles. The Bertz CT molecular complexity index is 523. The zero-order valence-electron chi connectivity index (χ0n) is 13.9. The number of aryl methyl sites for hydroxylation is 1. The Labute approximate surface area is 132 Å². The minimum Gasteiger partial charge on any atom is -0.478 e. The molecule has 0 aromatic carbocycles. The van der Waals surface area contributed by atoms with Crippen LogP contribution in [0.15, 0.2) is 12.3 Å². The molecule has 0 saturated heterocycles. The van der Waals surface area contributed by atoms with Gasteiger partial charge in [-0.25, -0.2) is 4.98 Å². The van der Waals surface area contributed by atoms with E-state index in [4.69, 9.17) is 9.47 Å². The number of methoxy groups -OCH3 is 1. The highest BCUT2D eigenvalue weighted by atomic mass is 16.5. The van der Waals surface area contributed by atoms with Crippen molar-refractivity contribution in [2.24, 2.45) is 5.92 Å². The lowest BCUT2D eigenvalue weighted by Crippen LogP contribution is -2.47. The lowest BCUT2D eigenvalue weighted by atomic mass is 9.79. The summed E-state index contributed by atoms with van der Waals surface area (Å²) in [6, 6.07) is 1.88. The van der Waals surface area contributed by atoms with Crippen LogP contribution in [0.2, 0.25) is 0 Å². The molecule has 0 unspecified atom stereocenters. The van der Waals surface area contributed by atoms with Crippen LogP contribution in [0.25, 0.3) is 0 Å². The first-order valence-electron chi connectivity index (χ1n) is 7.97. The highest BCUT2D eigenvalue weighted by molar-refractivity contribution is 5.97. The smallest absolute Gasteiger partial charge is 0.256 e. The Balaban J connectivity index is 2.09. The van der Waals surface area contributed by atoms with Crippen molar-refractivity contribution in [1.29, 1.82) is 0 Å². The van der Waals surface area contributed by atoms with E-state index >= 15 is 0 Å². The van der Waals surface area contributed by atoms with Crippen LogP contribution < -0.4 is 10.1 Å². The summed E-state index contributed by atoms with van der Waals surface area (Å²) < 4.78 is 11.0. The minimum absolute atomic E-state index is 0.0766. The summed E-state index contributed by atoms with van der Waals surface area (Å²) in [6.07, 6.45) is 5.19. The van der Waals surface area contributed by atoms with E-state index < -0.39 is 5.60 Å². The average molecular weight is 306 g/mol. The molecule has 5 heteroatoms. The predicted octanol–water partition coefficient (Wildman–Crippen LogP) is 3.32. The van der Waals surface area contributed by atoms with E-state index in [0.717, 1.165) is 31.2 Å². The Morgan fingerprint density at radius 2 is 2.14 bits per heavy atom. The summed E-state index contributed by atoms with van der Waals surface area (Å²) in [6.45, 7) is 6.63. The van der Waals surface area contributed by atoms with Gasteiger partial charge in [-0.1, -0.05) is 6.92 Å². The third-order valence-electron chi connectivity index (χ3n) is 4.46. The Morgan fingerprint density at radius 3 is 2.68 bits per heavy atom. The maximum atomic E-state index is 12.7. The van der Waals surface area contributed by atoms with Gasteiger partial charge in [0.25, 0.3) is 5.91 Å². The monoisotopic (exact) mass is 306 g/mol. The number of rotatable bonds is 5. The normalized spacial score (nSPS) is 24.8. The third-order valence-corrected chi connectivity index (χ3v) is 4.46. The molecule has 1 heterocycles. The van der Waals surface area contributed by atoms with Crippen molar-refractivity contribution in [3.8, 4) is 5.88 Å². The predicted molar refractivity (Wildman–Crippen MR) is 86.1 cm³/mol. The lowest BCUT2D eigenvalue weighted by Gasteiger charge is -2.36. The van der Waals surface area contributed by atoms with E-state index in [2.05, 4.69) is 17.2 Å². The van der Waals surface area contributed by atoms with Crippen LogP contribution in [0, 0.1) is 12.8 Å². The molecule has 1 saturated carbocycles. The van der Waals surface area contributed by atoms with Gasteiger partial charge < -0.3 is 14.8 Å². The number of hydrogen-bond donors (Lipinski definition) is 1. The first-order valence-corrected chi connectivity index (χ1v) is 7.97. The number of nitrogens with one attached hydrogen (secondary N) is 1. The zero-order valence-corrected chi connectivity index (χ0v) is 13.9. The van der Waals surface area contributed by atoms with Crippen molar-refractivity contribution in [2.75, 3.05) is 19.0 Å². The summed E-state index contributed by atoms with van der Waals surface area (Å²) in [5.74, 6) is 1.19. The number of aromatic nitrogens is 1. The maximum absolute atomic E-state index is 12.7. The van der Waals surface area contributed by atoms with Gasteiger partial charge in [-0.15, -0.1) is 0 Å². The van der Waals surface area contributed by atoms with Crippen molar-refractivity contribution < 1.29 is 14.3 Å². The molecule has 0 bridgehead atoms. The number of anilines is 1. The lowest BCUT2D eigenvalue weighted by molar-refractivity contribution is -0.142. The number of ether oxygens (including phenoxy) is 2. The van der Waals surface area contributed by atoms with Crippen molar-refractivity contribution in [3.63, 3.8) is 0 Å². The highest BCUT2D eigenvalue weighted by Crippen LogP contribution is 2.35. The second kappa shape index (κ2) is 7.09. The Kier molecular flexibility index (Phi) is 5.40. The average Bonchev–Trinajstić information content (AvgIpc) is 2.51. The summed E-state index contributed by atoms with van der Waals surface area (Å²) >= 11 is 0. The van der Waals surface area contributed by atoms with Crippen molar-refractivity contribution >= 4 is 11.6 Å². The van der Waals surface area contributed by atoms with Gasteiger partial charge in [0.2, 0.25) is 5.88 Å². The number of hydrogen-bond acceptors (Lipinski definition) is 4. The summed E-state index contributed by atoms with van der Waals surface area (Å²) in [5, 5.41) is 2.95. The van der Waals surface area contributed by atoms with Gasteiger partial charge in [-0.2, -0.15) is 0 Å². The molecular formula is C17H26N2O3. The van der Waals surface area contributed by atoms with E-state index in [1.807, 2.05) is 19.9 Å². The molecule has 22 heavy (non-hydrogen) atoms. The molecule has 1 aliphatic carbocycles. The zero-order chi connectivity index (χ0) is 16.2. The maximum Gasteiger partial charge on any atom is 0.256 e. The van der Waals surface area contributed by atoms with Crippen LogP contribution in [-0.2, 0) is 9.53 Å². The van der Waals surface area contributed by atoms with Gasteiger partial charge in [-0.3, -0.25) is 4.79 Å². The quantitative estimate of drug-likeness (QED) is 0.906. The van der Waals surface area contributed by atoms with Crippen LogP contribution in [0.4, 0.5) is 5.69 Å². The van der Waals surface area contributed by atoms with Crippen molar-refractivity contribution in [3.05, 3.63) is 17.8 Å². The second-order valence-electron chi connectivity index (χ2n) is 6.11. The standard InChI is InChI=1S/C17H26N2O3/c1-5-22-15-13(3)10-14(11-18-15)19-16(20)17(21-4)8-6-12(2)7-9-17/h10-12H,5-9H2,1-4H3,(H,19,20). The molecule has 0 spiro atoms. The summed E-state index contributed by atoms with van der Waals surface area (Å²) in [4.78, 5) is 16.9. The molecule has 1 N–H and O–H groups in total. The van der Waals surface area contributed by atoms with Gasteiger partial charge in [0.05, 0.1) is 18.5 Å². The van der Waals surface area contributed by atoms with Gasteiger partial charge in [0.15, 0.2) is 0 Å². The van der Waals surface area contributed by atoms with E-state index in [1.54, 1.807) is 13.3 Å². The Hall–Kier alpha value is -1.62. The SMILES string of the molecule is CCOc1ncc(NC(=O)C2(OC)CCC(C)CC2)cc1C. The van der Waals surface area contributed by atoms with Gasteiger partial charge in [0, 0.05) is 12.7 Å². The molecule has 1 aliphatic rings. The first kappa shape index (κ1) is 16.7. The number of amides is 1. The first-order chi connectivity index (χ1) is 10.5. The minimum atomic E-state index is -0.709. The Morgan fingerprint density at radius 1 is 1.45 bits per heavy atom. The molecule has 1 fully saturated rings. The summed E-state index contributed by atoms with van der Waals surface area (Å²) in [7, 11) is 1.62. The van der Waals surface area contributed by atoms with Crippen LogP contribution in [0.3, 0.4) is 0 Å². The number of carbonyl (C=O) groups is 1. The fraction of sp³-hybridized carbons (Fsp3) is 0.647. The van der Waals surface area contributed by atoms with E-state index in [0.29, 0.717) is 24.1 Å². The molecule has 0 radical (unpaired) electrons. The number of carbonyl (C=O) groups excluding carboxylic acids is 1. The van der Waals surface area contributed by atoms with E-state index in [9.17, 15) is 4.79 Å². The molecule has 1 amide bonds. The van der Waals surface area contributed by atoms with Gasteiger partial charge in [0.1, 0.15) is 5.60 Å². The number of nitrogens with zero attached hydrogens (tertiary/aromatic N) is 1. The van der Waals surface area contributed by atoms with Crippen LogP contribution in [-0.4, -0.2) is 30.2 Å². The molecule has 0 atom stereocenters. The van der Waals surface area contributed by atoms with Gasteiger partial charge >= 0.3 is 0 Å². The molecule has 2 rings (SSSR count). The molecule has 122 valence electrons. The second-order valence-corrected chi connectivity index (χ2v) is 6.11. The highest BCUT2D eigenvalue weighted by Gasteiger charge is 2.41. The van der Waals surface area contributed by atoms with E-state index in [1.165, 1.54) is 0 Å². The summed E-state index contributed by atoms with van der Waals surface area (Å²) in [5.41, 5.74) is 0.878. The van der Waals surface area contributed by atoms with Crippen LogP contribution in [0.1, 0.15) is 45.1 Å². The molecular weight excluding hydrogens is 280 g/mol. The van der Waals surface area contributed by atoms with Gasteiger partial charge in [-0.05, 0) is 51.5 Å². The number of pyridine rings is 1. The fourth-order valence-electron chi connectivity index (χ4n) is 2.92. The van der Waals surface area contributed by atoms with Crippen LogP contribution >= 0.6 is 0 Å². The van der Waals surface area contributed by atoms with Crippen molar-refractivity contribution in [2.45, 2.75) is 52.1 Å². The molecule has 0 aliphatic heterocycles. The molecule has 5 nitrogen and oxygen atoms in total. The fourth-order valence-corrected chi connectivity index (χ4v) is 2.92. The third kappa shape index (κ3) is 3.58. The van der Waals surface area contributed by atoms with E-state index in [-0.39, 0.29) is 5.91 Å².